The molecule has 0 saturated carbocycles. The van der Waals surface area contributed by atoms with E-state index in [9.17, 15) is 8.94 Å². The fraction of sp³-hybridized carbons (Fsp3) is 0.538. The molecule has 0 radical (unpaired) electrons. The molecule has 18 heavy (non-hydrogen) atoms. The van der Waals surface area contributed by atoms with Crippen LogP contribution in [0.2, 0.25) is 0 Å². The number of aryl methyl sites for hydroxylation is 1. The van der Waals surface area contributed by atoms with Crippen molar-refractivity contribution >= 4 is 27.3 Å². The minimum absolute atomic E-state index is 0.145. The van der Waals surface area contributed by atoms with Gasteiger partial charge in [0.25, 0.3) is 0 Å². The molecule has 0 heterocycles. The van der Waals surface area contributed by atoms with Gasteiger partial charge in [0, 0.05) is 21.4 Å². The summed E-state index contributed by atoms with van der Waals surface area (Å²) in [5.41, 5.74) is 1.68. The summed E-state index contributed by atoms with van der Waals surface area (Å²) in [5, 5.41) is 0. The summed E-state index contributed by atoms with van der Waals surface area (Å²) in [6.45, 7) is 5.72. The molecule has 2 atom stereocenters. The molecule has 1 aliphatic carbocycles. The highest BCUT2D eigenvalue weighted by atomic mass is 79.9. The number of hydrogen-bond acceptors (Lipinski definition) is 2. The Morgan fingerprint density at radius 3 is 2.72 bits per heavy atom. The number of benzene rings is 1. The van der Waals surface area contributed by atoms with Crippen LogP contribution in [0.15, 0.2) is 16.6 Å². The Morgan fingerprint density at radius 1 is 1.44 bits per heavy atom. The van der Waals surface area contributed by atoms with Gasteiger partial charge in [-0.2, -0.15) is 0 Å². The van der Waals surface area contributed by atoms with E-state index in [-0.39, 0.29) is 16.6 Å². The van der Waals surface area contributed by atoms with Gasteiger partial charge in [0.15, 0.2) is 0 Å². The molecule has 0 amide bonds. The van der Waals surface area contributed by atoms with Gasteiger partial charge in [-0.3, -0.25) is 0 Å². The lowest BCUT2D eigenvalue weighted by Gasteiger charge is -2.26. The Hall–Kier alpha value is -0.100. The van der Waals surface area contributed by atoms with Gasteiger partial charge >= 0.3 is 0 Å². The van der Waals surface area contributed by atoms with Crippen molar-refractivity contribution < 1.29 is 8.94 Å². The van der Waals surface area contributed by atoms with Crippen LogP contribution >= 0.6 is 15.9 Å². The second-order valence-electron chi connectivity index (χ2n) is 5.55. The molecule has 1 aromatic carbocycles. The maximum absolute atomic E-state index is 14.0. The lowest BCUT2D eigenvalue weighted by atomic mass is 10.1. The smallest absolute Gasteiger partial charge is 0.136 e. The van der Waals surface area contributed by atoms with Crippen LogP contribution < -0.4 is 4.72 Å². The van der Waals surface area contributed by atoms with Crippen molar-refractivity contribution in [1.29, 1.82) is 0 Å². The van der Waals surface area contributed by atoms with Crippen LogP contribution in [0.25, 0.3) is 0 Å². The number of nitrogens with one attached hydrogen (secondary N) is 1. The second kappa shape index (κ2) is 5.12. The molecule has 2 nitrogen and oxygen atoms in total. The highest BCUT2D eigenvalue weighted by Gasteiger charge is 2.34. The Morgan fingerprint density at radius 2 is 2.11 bits per heavy atom. The lowest BCUT2D eigenvalue weighted by molar-refractivity contribution is 0.512. The van der Waals surface area contributed by atoms with E-state index in [1.54, 1.807) is 0 Å². The van der Waals surface area contributed by atoms with Crippen molar-refractivity contribution in [2.24, 2.45) is 0 Å². The van der Waals surface area contributed by atoms with Gasteiger partial charge in [0.1, 0.15) is 10.6 Å². The van der Waals surface area contributed by atoms with Crippen molar-refractivity contribution in [2.75, 3.05) is 0 Å². The third-order valence-electron chi connectivity index (χ3n) is 3.04. The van der Waals surface area contributed by atoms with Crippen molar-refractivity contribution in [3.8, 4) is 0 Å². The molecule has 1 N–H and O–H groups in total. The SMILES string of the molecule is CC(C)(C)[S@+]([O-])NC1CCc2cc(Br)cc(F)c21. The van der Waals surface area contributed by atoms with Gasteiger partial charge in [-0.15, -0.1) is 4.72 Å². The standard InChI is InChI=1S/C13H17BrFNOS/c1-13(2,3)18(17)16-11-5-4-8-6-9(14)7-10(15)12(8)11/h6-7,11,16H,4-5H2,1-3H3/t11?,18-/m0/s1. The van der Waals surface area contributed by atoms with Gasteiger partial charge in [-0.1, -0.05) is 15.9 Å². The Labute approximate surface area is 119 Å². The van der Waals surface area contributed by atoms with Gasteiger partial charge in [0.05, 0.1) is 6.04 Å². The van der Waals surface area contributed by atoms with Crippen LogP contribution in [-0.4, -0.2) is 9.30 Å². The summed E-state index contributed by atoms with van der Waals surface area (Å²) < 4.78 is 29.5. The van der Waals surface area contributed by atoms with Crippen molar-refractivity contribution in [1.82, 2.24) is 4.72 Å². The fourth-order valence-electron chi connectivity index (χ4n) is 2.10. The van der Waals surface area contributed by atoms with E-state index in [4.69, 9.17) is 0 Å². The highest BCUT2D eigenvalue weighted by Crippen LogP contribution is 2.36. The Balaban J connectivity index is 2.22. The van der Waals surface area contributed by atoms with E-state index in [1.165, 1.54) is 6.07 Å². The van der Waals surface area contributed by atoms with Gasteiger partial charge in [-0.25, -0.2) is 4.39 Å². The molecule has 0 saturated heterocycles. The zero-order valence-corrected chi connectivity index (χ0v) is 13.1. The number of fused-ring (bicyclic) bond motifs is 1. The van der Waals surface area contributed by atoms with Crippen molar-refractivity contribution in [3.05, 3.63) is 33.5 Å². The first-order valence-corrected chi connectivity index (χ1v) is 7.89. The van der Waals surface area contributed by atoms with Crippen LogP contribution in [-0.2, 0) is 17.8 Å². The zero-order valence-electron chi connectivity index (χ0n) is 10.7. The predicted octanol–water partition coefficient (Wildman–Crippen LogP) is 3.63. The van der Waals surface area contributed by atoms with E-state index >= 15 is 0 Å². The monoisotopic (exact) mass is 333 g/mol. The molecule has 5 heteroatoms. The van der Waals surface area contributed by atoms with E-state index in [0.29, 0.717) is 5.56 Å². The molecule has 0 aliphatic heterocycles. The average Bonchev–Trinajstić information content (AvgIpc) is 2.59. The van der Waals surface area contributed by atoms with Gasteiger partial charge in [-0.05, 0) is 51.3 Å². The lowest BCUT2D eigenvalue weighted by Crippen LogP contribution is -2.40. The minimum Gasteiger partial charge on any atom is -0.598 e. The summed E-state index contributed by atoms with van der Waals surface area (Å²) in [6, 6.07) is 3.27. The molecular formula is C13H17BrFNOS. The molecule has 2 rings (SSSR count). The summed E-state index contributed by atoms with van der Waals surface area (Å²) in [7, 11) is 0. The first kappa shape index (κ1) is 14.3. The number of rotatable bonds is 2. The van der Waals surface area contributed by atoms with E-state index in [2.05, 4.69) is 20.7 Å². The van der Waals surface area contributed by atoms with E-state index in [1.807, 2.05) is 26.8 Å². The summed E-state index contributed by atoms with van der Waals surface area (Å²) in [5.74, 6) is -0.222. The Kier molecular flexibility index (Phi) is 4.07. The fourth-order valence-corrected chi connectivity index (χ4v) is 3.43. The largest absolute Gasteiger partial charge is 0.598 e. The number of hydrogen-bond donors (Lipinski definition) is 1. The molecular weight excluding hydrogens is 317 g/mol. The normalized spacial score (nSPS) is 20.9. The average molecular weight is 334 g/mol. The molecule has 1 unspecified atom stereocenters. The second-order valence-corrected chi connectivity index (χ2v) is 8.46. The van der Waals surface area contributed by atoms with E-state index in [0.717, 1.165) is 22.9 Å². The quantitative estimate of drug-likeness (QED) is 0.839. The maximum atomic E-state index is 14.0. The first-order chi connectivity index (χ1) is 8.29. The number of halogens is 2. The molecule has 0 spiro atoms. The van der Waals surface area contributed by atoms with E-state index < -0.39 is 11.4 Å². The maximum Gasteiger partial charge on any atom is 0.136 e. The molecule has 0 aromatic heterocycles. The molecule has 1 aromatic rings. The van der Waals surface area contributed by atoms with Crippen molar-refractivity contribution in [3.63, 3.8) is 0 Å². The van der Waals surface area contributed by atoms with Crippen LogP contribution in [0, 0.1) is 5.82 Å². The van der Waals surface area contributed by atoms with Gasteiger partial charge in [0.2, 0.25) is 0 Å². The molecule has 100 valence electrons. The van der Waals surface area contributed by atoms with Gasteiger partial charge < -0.3 is 4.55 Å². The summed E-state index contributed by atoms with van der Waals surface area (Å²) >= 11 is 2.12. The van der Waals surface area contributed by atoms with Crippen LogP contribution in [0.5, 0.6) is 0 Å². The molecule has 1 aliphatic rings. The van der Waals surface area contributed by atoms with Crippen LogP contribution in [0.4, 0.5) is 4.39 Å². The third kappa shape index (κ3) is 2.90. The van der Waals surface area contributed by atoms with Crippen LogP contribution in [0.1, 0.15) is 44.4 Å². The predicted molar refractivity (Wildman–Crippen MR) is 76.2 cm³/mol. The Bertz CT molecular complexity index is 461. The van der Waals surface area contributed by atoms with Crippen molar-refractivity contribution in [2.45, 2.75) is 44.4 Å². The highest BCUT2D eigenvalue weighted by molar-refractivity contribution is 9.10. The summed E-state index contributed by atoms with van der Waals surface area (Å²) in [6.07, 6.45) is 1.62. The zero-order chi connectivity index (χ0) is 13.5. The third-order valence-corrected chi connectivity index (χ3v) is 5.11. The van der Waals surface area contributed by atoms with Crippen LogP contribution in [0.3, 0.4) is 0 Å². The topological polar surface area (TPSA) is 35.1 Å². The summed E-state index contributed by atoms with van der Waals surface area (Å²) in [4.78, 5) is 0. The molecule has 0 fully saturated rings. The minimum atomic E-state index is -1.18. The molecule has 0 bridgehead atoms. The first-order valence-electron chi connectivity index (χ1n) is 5.95.